The van der Waals surface area contributed by atoms with Crippen LogP contribution in [0.1, 0.15) is 19.4 Å². The van der Waals surface area contributed by atoms with Gasteiger partial charge in [-0.2, -0.15) is 8.78 Å². The molecular formula is C19H30F2N4O2. The van der Waals surface area contributed by atoms with E-state index in [1.807, 2.05) is 11.9 Å². The molecule has 1 aliphatic rings. The van der Waals surface area contributed by atoms with Crippen molar-refractivity contribution in [1.29, 1.82) is 0 Å². The van der Waals surface area contributed by atoms with Gasteiger partial charge in [-0.1, -0.05) is 12.1 Å². The summed E-state index contributed by atoms with van der Waals surface area (Å²) < 4.78 is 34.3. The highest BCUT2D eigenvalue weighted by molar-refractivity contribution is 5.79. The molecule has 2 rings (SSSR count). The molecule has 1 fully saturated rings. The molecule has 2 unspecified atom stereocenters. The molecule has 6 nitrogen and oxygen atoms in total. The molecule has 1 saturated heterocycles. The molecule has 2 atom stereocenters. The van der Waals surface area contributed by atoms with Crippen molar-refractivity contribution < 1.29 is 18.3 Å². The van der Waals surface area contributed by atoms with E-state index in [9.17, 15) is 8.78 Å². The van der Waals surface area contributed by atoms with Gasteiger partial charge in [0.2, 0.25) is 0 Å². The maximum Gasteiger partial charge on any atom is 0.387 e. The summed E-state index contributed by atoms with van der Waals surface area (Å²) in [5.74, 6) is 0.947. The highest BCUT2D eigenvalue weighted by Crippen LogP contribution is 2.16. The van der Waals surface area contributed by atoms with Crippen LogP contribution >= 0.6 is 0 Å². The molecule has 0 amide bonds. The minimum absolute atomic E-state index is 0.160. The average Bonchev–Trinajstić information content (AvgIpc) is 2.63. The lowest BCUT2D eigenvalue weighted by Gasteiger charge is -2.38. The second-order valence-electron chi connectivity index (χ2n) is 6.82. The lowest BCUT2D eigenvalue weighted by molar-refractivity contribution is -0.0498. The van der Waals surface area contributed by atoms with Gasteiger partial charge in [-0.25, -0.2) is 0 Å². The van der Waals surface area contributed by atoms with Crippen LogP contribution in [0.4, 0.5) is 8.78 Å². The predicted octanol–water partition coefficient (Wildman–Crippen LogP) is 2.40. The Morgan fingerprint density at radius 1 is 1.41 bits per heavy atom. The number of morpholine rings is 1. The Bertz CT molecular complexity index is 598. The van der Waals surface area contributed by atoms with E-state index in [4.69, 9.17) is 4.74 Å². The number of ether oxygens (including phenoxy) is 2. The first-order valence-corrected chi connectivity index (χ1v) is 9.19. The van der Waals surface area contributed by atoms with Crippen molar-refractivity contribution in [3.05, 3.63) is 29.8 Å². The van der Waals surface area contributed by atoms with Crippen molar-refractivity contribution in [3.63, 3.8) is 0 Å². The van der Waals surface area contributed by atoms with E-state index in [1.165, 1.54) is 0 Å². The Hall–Kier alpha value is -1.93. The van der Waals surface area contributed by atoms with E-state index < -0.39 is 6.61 Å². The van der Waals surface area contributed by atoms with Gasteiger partial charge < -0.3 is 19.7 Å². The molecule has 8 heteroatoms. The number of hydrogen-bond donors (Lipinski definition) is 1. The monoisotopic (exact) mass is 384 g/mol. The Morgan fingerprint density at radius 3 is 2.70 bits per heavy atom. The van der Waals surface area contributed by atoms with E-state index in [1.54, 1.807) is 31.3 Å². The number of nitrogens with one attached hydrogen (secondary N) is 1. The highest BCUT2D eigenvalue weighted by atomic mass is 19.3. The summed E-state index contributed by atoms with van der Waals surface area (Å²) in [5.41, 5.74) is 0.983. The Labute approximate surface area is 160 Å². The van der Waals surface area contributed by atoms with Crippen molar-refractivity contribution in [2.24, 2.45) is 4.99 Å². The van der Waals surface area contributed by atoms with Crippen LogP contribution in [0.25, 0.3) is 0 Å². The summed E-state index contributed by atoms with van der Waals surface area (Å²) in [4.78, 5) is 8.78. The molecule has 0 saturated carbocycles. The van der Waals surface area contributed by atoms with Crippen molar-refractivity contribution in [1.82, 2.24) is 15.1 Å². The molecule has 1 heterocycles. The number of hydrogen-bond acceptors (Lipinski definition) is 4. The fourth-order valence-corrected chi connectivity index (χ4v) is 3.26. The smallest absolute Gasteiger partial charge is 0.387 e. The van der Waals surface area contributed by atoms with Crippen molar-refractivity contribution in [2.45, 2.75) is 39.1 Å². The maximum absolute atomic E-state index is 12.2. The van der Waals surface area contributed by atoms with Crippen molar-refractivity contribution in [3.8, 4) is 5.75 Å². The fourth-order valence-electron chi connectivity index (χ4n) is 3.26. The average molecular weight is 384 g/mol. The third kappa shape index (κ3) is 6.62. The first kappa shape index (κ1) is 21.4. The SMILES string of the molecule is CN=C(NCC(C)N1CCOCC1C)N(C)Cc1ccc(OC(F)F)cc1. The van der Waals surface area contributed by atoms with Gasteiger partial charge in [-0.3, -0.25) is 9.89 Å². The van der Waals surface area contributed by atoms with E-state index in [0.29, 0.717) is 18.6 Å². The summed E-state index contributed by atoms with van der Waals surface area (Å²) in [5, 5.41) is 3.41. The molecule has 1 aromatic carbocycles. The van der Waals surface area contributed by atoms with Crippen LogP contribution in [0.3, 0.4) is 0 Å². The van der Waals surface area contributed by atoms with Gasteiger partial charge in [-0.05, 0) is 31.5 Å². The molecule has 1 aliphatic heterocycles. The molecule has 0 aliphatic carbocycles. The van der Waals surface area contributed by atoms with E-state index >= 15 is 0 Å². The van der Waals surface area contributed by atoms with E-state index in [2.05, 4.69) is 33.8 Å². The molecule has 0 bridgehead atoms. The van der Waals surface area contributed by atoms with Crippen LogP contribution < -0.4 is 10.1 Å². The quantitative estimate of drug-likeness (QED) is 0.578. The van der Waals surface area contributed by atoms with Crippen LogP contribution in [0.15, 0.2) is 29.3 Å². The normalized spacial score (nSPS) is 19.8. The van der Waals surface area contributed by atoms with Gasteiger partial charge in [-0.15, -0.1) is 0 Å². The van der Waals surface area contributed by atoms with Gasteiger partial charge in [0.05, 0.1) is 13.2 Å². The van der Waals surface area contributed by atoms with Crippen LogP contribution in [0.5, 0.6) is 5.75 Å². The third-order valence-electron chi connectivity index (χ3n) is 4.68. The standard InChI is InChI=1S/C19H30F2N4O2/c1-14(25-9-10-26-13-15(25)2)11-23-19(22-3)24(4)12-16-5-7-17(8-6-16)27-18(20)21/h5-8,14-15,18H,9-13H2,1-4H3,(H,22,23). The zero-order chi connectivity index (χ0) is 19.8. The Morgan fingerprint density at radius 2 is 2.11 bits per heavy atom. The zero-order valence-electron chi connectivity index (χ0n) is 16.5. The number of rotatable bonds is 7. The fraction of sp³-hybridized carbons (Fsp3) is 0.632. The largest absolute Gasteiger partial charge is 0.435 e. The van der Waals surface area contributed by atoms with Gasteiger partial charge >= 0.3 is 6.61 Å². The molecular weight excluding hydrogens is 354 g/mol. The third-order valence-corrected chi connectivity index (χ3v) is 4.68. The number of nitrogens with zero attached hydrogens (tertiary/aromatic N) is 3. The van der Waals surface area contributed by atoms with Gasteiger partial charge in [0, 0.05) is 45.8 Å². The number of halogens is 2. The highest BCUT2D eigenvalue weighted by Gasteiger charge is 2.23. The number of alkyl halides is 2. The summed E-state index contributed by atoms with van der Waals surface area (Å²) >= 11 is 0. The van der Waals surface area contributed by atoms with Crippen LogP contribution in [0.2, 0.25) is 0 Å². The topological polar surface area (TPSA) is 49.3 Å². The predicted molar refractivity (Wildman–Crippen MR) is 102 cm³/mol. The second kappa shape index (κ2) is 10.4. The minimum Gasteiger partial charge on any atom is -0.435 e. The van der Waals surface area contributed by atoms with E-state index in [0.717, 1.165) is 37.8 Å². The zero-order valence-corrected chi connectivity index (χ0v) is 16.5. The molecule has 1 aromatic rings. The maximum atomic E-state index is 12.2. The lowest BCUT2D eigenvalue weighted by Crippen LogP contribution is -2.53. The molecule has 152 valence electrons. The minimum atomic E-state index is -2.81. The van der Waals surface area contributed by atoms with Gasteiger partial charge in [0.15, 0.2) is 5.96 Å². The first-order chi connectivity index (χ1) is 12.9. The number of guanidine groups is 1. The molecule has 0 spiro atoms. The van der Waals surface area contributed by atoms with Gasteiger partial charge in [0.1, 0.15) is 5.75 Å². The molecule has 1 N–H and O–H groups in total. The van der Waals surface area contributed by atoms with Crippen molar-refractivity contribution in [2.75, 3.05) is 40.4 Å². The summed E-state index contributed by atoms with van der Waals surface area (Å²) in [6.07, 6.45) is 0. The number of aliphatic imine (C=N–C) groups is 1. The summed E-state index contributed by atoms with van der Waals surface area (Å²) in [6.45, 7) is 5.43. The lowest BCUT2D eigenvalue weighted by atomic mass is 10.2. The van der Waals surface area contributed by atoms with Crippen LogP contribution in [-0.2, 0) is 11.3 Å². The molecule has 0 aromatic heterocycles. The van der Waals surface area contributed by atoms with Gasteiger partial charge in [0.25, 0.3) is 0 Å². The molecule has 27 heavy (non-hydrogen) atoms. The Kier molecular flexibility index (Phi) is 8.24. The molecule has 0 radical (unpaired) electrons. The van der Waals surface area contributed by atoms with E-state index in [-0.39, 0.29) is 5.75 Å². The first-order valence-electron chi connectivity index (χ1n) is 9.19. The van der Waals surface area contributed by atoms with Crippen LogP contribution in [-0.4, -0.2) is 74.9 Å². The Balaban J connectivity index is 1.85. The summed E-state index contributed by atoms with van der Waals surface area (Å²) in [6, 6.07) is 7.42. The summed E-state index contributed by atoms with van der Waals surface area (Å²) in [7, 11) is 3.70. The second-order valence-corrected chi connectivity index (χ2v) is 6.82. The van der Waals surface area contributed by atoms with Crippen LogP contribution in [0, 0.1) is 0 Å². The van der Waals surface area contributed by atoms with Crippen molar-refractivity contribution >= 4 is 5.96 Å². The number of benzene rings is 1.